The zero-order valence-electron chi connectivity index (χ0n) is 11.7. The maximum Gasteiger partial charge on any atom is 0.320 e. The molecule has 0 bridgehead atoms. The van der Waals surface area contributed by atoms with E-state index in [-0.39, 0.29) is 18.4 Å². The monoisotopic (exact) mass is 268 g/mol. The molecule has 1 N–H and O–H groups in total. The van der Waals surface area contributed by atoms with Crippen molar-refractivity contribution >= 4 is 12.0 Å². The second-order valence-corrected chi connectivity index (χ2v) is 5.07. The molecule has 0 radical (unpaired) electrons. The second-order valence-electron chi connectivity index (χ2n) is 5.07. The number of urea groups is 1. The van der Waals surface area contributed by atoms with Crippen LogP contribution in [-0.2, 0) is 4.79 Å². The molecule has 0 saturated carbocycles. The number of carboxylic acid groups (broad SMARTS) is 1. The molecule has 1 aliphatic rings. The lowest BCUT2D eigenvalue weighted by Crippen LogP contribution is -2.48. The summed E-state index contributed by atoms with van der Waals surface area (Å²) in [5.74, 6) is -0.696. The zero-order chi connectivity index (χ0) is 14.3. The van der Waals surface area contributed by atoms with Gasteiger partial charge in [0.05, 0.1) is 0 Å². The third-order valence-corrected chi connectivity index (χ3v) is 3.37. The predicted molar refractivity (Wildman–Crippen MR) is 74.0 cm³/mol. The van der Waals surface area contributed by atoms with Crippen LogP contribution in [0, 0.1) is 5.92 Å². The SMILES string of the molecule is C=CCN(CCC)C(=O)N1CCCC(CC(=O)O)C1. The summed E-state index contributed by atoms with van der Waals surface area (Å²) in [6, 6.07) is 0.0110. The van der Waals surface area contributed by atoms with Crippen molar-refractivity contribution in [3.63, 3.8) is 0 Å². The van der Waals surface area contributed by atoms with Gasteiger partial charge in [0.1, 0.15) is 0 Å². The number of carboxylic acids is 1. The van der Waals surface area contributed by atoms with Crippen LogP contribution in [0.1, 0.15) is 32.6 Å². The maximum atomic E-state index is 12.4. The molecular formula is C14H24N2O3. The van der Waals surface area contributed by atoms with E-state index in [0.717, 1.165) is 25.8 Å². The van der Waals surface area contributed by atoms with Gasteiger partial charge in [0.25, 0.3) is 0 Å². The summed E-state index contributed by atoms with van der Waals surface area (Å²) in [4.78, 5) is 26.7. The van der Waals surface area contributed by atoms with Gasteiger partial charge in [-0.05, 0) is 25.2 Å². The van der Waals surface area contributed by atoms with Crippen LogP contribution in [0.15, 0.2) is 12.7 Å². The smallest absolute Gasteiger partial charge is 0.320 e. The highest BCUT2D eigenvalue weighted by Gasteiger charge is 2.27. The zero-order valence-corrected chi connectivity index (χ0v) is 11.7. The molecule has 1 fully saturated rings. The van der Waals surface area contributed by atoms with Gasteiger partial charge in [0, 0.05) is 32.6 Å². The fourth-order valence-electron chi connectivity index (χ4n) is 2.54. The van der Waals surface area contributed by atoms with Gasteiger partial charge in [-0.25, -0.2) is 4.79 Å². The molecule has 0 aromatic carbocycles. The molecule has 2 amide bonds. The number of carbonyl (C=O) groups is 2. The summed E-state index contributed by atoms with van der Waals surface area (Å²) in [7, 11) is 0. The number of hydrogen-bond donors (Lipinski definition) is 1. The maximum absolute atomic E-state index is 12.4. The Labute approximate surface area is 114 Å². The first-order chi connectivity index (χ1) is 9.08. The summed E-state index contributed by atoms with van der Waals surface area (Å²) < 4.78 is 0. The number of amides is 2. The number of piperidine rings is 1. The second kappa shape index (κ2) is 7.81. The lowest BCUT2D eigenvalue weighted by atomic mass is 9.95. The lowest BCUT2D eigenvalue weighted by molar-refractivity contribution is -0.138. The lowest BCUT2D eigenvalue weighted by Gasteiger charge is -2.35. The molecule has 1 heterocycles. The molecule has 1 atom stereocenters. The minimum Gasteiger partial charge on any atom is -0.481 e. The molecule has 0 aromatic rings. The molecule has 0 spiro atoms. The van der Waals surface area contributed by atoms with Crippen LogP contribution in [0.5, 0.6) is 0 Å². The van der Waals surface area contributed by atoms with E-state index in [4.69, 9.17) is 5.11 Å². The van der Waals surface area contributed by atoms with Crippen molar-refractivity contribution in [3.05, 3.63) is 12.7 Å². The standard InChI is InChI=1S/C14H24N2O3/c1-3-7-15(8-4-2)14(19)16-9-5-6-12(11-16)10-13(17)18/h3,12H,1,4-11H2,2H3,(H,17,18). The summed E-state index contributed by atoms with van der Waals surface area (Å²) in [5, 5.41) is 8.84. The average Bonchev–Trinajstić information content (AvgIpc) is 2.37. The van der Waals surface area contributed by atoms with Crippen LogP contribution in [0.2, 0.25) is 0 Å². The summed E-state index contributed by atoms with van der Waals surface area (Å²) in [6.07, 6.45) is 4.57. The van der Waals surface area contributed by atoms with Crippen molar-refractivity contribution in [2.24, 2.45) is 5.92 Å². The Hall–Kier alpha value is -1.52. The van der Waals surface area contributed by atoms with E-state index in [1.807, 2.05) is 6.92 Å². The molecule has 1 saturated heterocycles. The van der Waals surface area contributed by atoms with Crippen LogP contribution in [0.4, 0.5) is 4.79 Å². The Morgan fingerprint density at radius 1 is 1.53 bits per heavy atom. The summed E-state index contributed by atoms with van der Waals surface area (Å²) >= 11 is 0. The number of aliphatic carboxylic acids is 1. The van der Waals surface area contributed by atoms with Crippen molar-refractivity contribution in [2.45, 2.75) is 32.6 Å². The number of rotatable bonds is 6. The first-order valence-electron chi connectivity index (χ1n) is 6.95. The quantitative estimate of drug-likeness (QED) is 0.751. The number of nitrogens with zero attached hydrogens (tertiary/aromatic N) is 2. The molecular weight excluding hydrogens is 244 g/mol. The molecule has 5 heteroatoms. The van der Waals surface area contributed by atoms with Crippen LogP contribution in [-0.4, -0.2) is 53.1 Å². The van der Waals surface area contributed by atoms with Gasteiger partial charge in [0.15, 0.2) is 0 Å². The van der Waals surface area contributed by atoms with Crippen LogP contribution in [0.3, 0.4) is 0 Å². The molecule has 0 aliphatic carbocycles. The molecule has 108 valence electrons. The first-order valence-corrected chi connectivity index (χ1v) is 6.95. The Balaban J connectivity index is 2.58. The van der Waals surface area contributed by atoms with Gasteiger partial charge in [-0.3, -0.25) is 4.79 Å². The average molecular weight is 268 g/mol. The van der Waals surface area contributed by atoms with Gasteiger partial charge in [-0.1, -0.05) is 13.0 Å². The normalized spacial score (nSPS) is 19.0. The van der Waals surface area contributed by atoms with Crippen LogP contribution in [0.25, 0.3) is 0 Å². The Morgan fingerprint density at radius 3 is 2.84 bits per heavy atom. The van der Waals surface area contributed by atoms with Crippen molar-refractivity contribution in [3.8, 4) is 0 Å². The first kappa shape index (κ1) is 15.5. The number of carbonyl (C=O) groups excluding carboxylic acids is 1. The highest BCUT2D eigenvalue weighted by atomic mass is 16.4. The summed E-state index contributed by atoms with van der Waals surface area (Å²) in [6.45, 7) is 8.26. The third-order valence-electron chi connectivity index (χ3n) is 3.37. The Bertz CT molecular complexity index is 331. The Morgan fingerprint density at radius 2 is 2.26 bits per heavy atom. The van der Waals surface area contributed by atoms with Gasteiger partial charge < -0.3 is 14.9 Å². The summed E-state index contributed by atoms with van der Waals surface area (Å²) in [5.41, 5.74) is 0. The van der Waals surface area contributed by atoms with Gasteiger partial charge in [0.2, 0.25) is 0 Å². The van der Waals surface area contributed by atoms with Crippen molar-refractivity contribution < 1.29 is 14.7 Å². The minimum absolute atomic E-state index is 0.0110. The van der Waals surface area contributed by atoms with E-state index in [1.165, 1.54) is 0 Å². The van der Waals surface area contributed by atoms with E-state index >= 15 is 0 Å². The fraction of sp³-hybridized carbons (Fsp3) is 0.714. The molecule has 1 aliphatic heterocycles. The van der Waals surface area contributed by atoms with E-state index < -0.39 is 5.97 Å². The van der Waals surface area contributed by atoms with E-state index in [1.54, 1.807) is 15.9 Å². The third kappa shape index (κ3) is 4.93. The molecule has 0 aromatic heterocycles. The molecule has 1 unspecified atom stereocenters. The molecule has 1 rings (SSSR count). The molecule has 5 nitrogen and oxygen atoms in total. The van der Waals surface area contributed by atoms with E-state index in [9.17, 15) is 9.59 Å². The van der Waals surface area contributed by atoms with E-state index in [2.05, 4.69) is 6.58 Å². The fourth-order valence-corrected chi connectivity index (χ4v) is 2.54. The Kier molecular flexibility index (Phi) is 6.39. The molecule has 19 heavy (non-hydrogen) atoms. The highest BCUT2D eigenvalue weighted by molar-refractivity contribution is 5.75. The topological polar surface area (TPSA) is 60.9 Å². The minimum atomic E-state index is -0.782. The van der Waals surface area contributed by atoms with Crippen LogP contribution >= 0.6 is 0 Å². The van der Waals surface area contributed by atoms with E-state index in [0.29, 0.717) is 19.6 Å². The van der Waals surface area contributed by atoms with Gasteiger partial charge in [-0.2, -0.15) is 0 Å². The van der Waals surface area contributed by atoms with Crippen molar-refractivity contribution in [1.82, 2.24) is 9.80 Å². The van der Waals surface area contributed by atoms with Gasteiger partial charge >= 0.3 is 12.0 Å². The van der Waals surface area contributed by atoms with Crippen molar-refractivity contribution in [1.29, 1.82) is 0 Å². The largest absolute Gasteiger partial charge is 0.481 e. The number of likely N-dealkylation sites (tertiary alicyclic amines) is 1. The number of hydrogen-bond acceptors (Lipinski definition) is 2. The van der Waals surface area contributed by atoms with Crippen LogP contribution < -0.4 is 0 Å². The highest BCUT2D eigenvalue weighted by Crippen LogP contribution is 2.20. The van der Waals surface area contributed by atoms with Gasteiger partial charge in [-0.15, -0.1) is 6.58 Å². The predicted octanol–water partition coefficient (Wildman–Crippen LogP) is 2.19. The van der Waals surface area contributed by atoms with Crippen molar-refractivity contribution in [2.75, 3.05) is 26.2 Å².